The van der Waals surface area contributed by atoms with Crippen LogP contribution >= 0.6 is 0 Å². The van der Waals surface area contributed by atoms with Crippen LogP contribution in [0.3, 0.4) is 0 Å². The molecule has 1 aliphatic heterocycles. The number of carbonyl (C=O) groups excluding carboxylic acids is 1. The molecule has 1 aliphatic rings. The van der Waals surface area contributed by atoms with Crippen molar-refractivity contribution in [1.82, 2.24) is 10.6 Å². The zero-order chi connectivity index (χ0) is 19.4. The Balaban J connectivity index is 1.65. The molecule has 0 spiro atoms. The van der Waals surface area contributed by atoms with Gasteiger partial charge in [0.1, 0.15) is 11.5 Å². The van der Waals surface area contributed by atoms with Crippen LogP contribution in [0.1, 0.15) is 37.1 Å². The number of hydrogen-bond acceptors (Lipinski definition) is 5. The summed E-state index contributed by atoms with van der Waals surface area (Å²) in [4.78, 5) is 12.4. The number of hydrogen-bond donors (Lipinski definition) is 2. The van der Waals surface area contributed by atoms with Gasteiger partial charge in [0.15, 0.2) is 11.5 Å². The number of ether oxygens (including phenoxy) is 4. The molecule has 0 bridgehead atoms. The molecule has 0 saturated carbocycles. The number of fused-ring (bicyclic) bond motifs is 1. The molecule has 0 saturated heterocycles. The third kappa shape index (κ3) is 4.19. The number of amides is 2. The summed E-state index contributed by atoms with van der Waals surface area (Å²) >= 11 is 0. The lowest BCUT2D eigenvalue weighted by atomic mass is 10.1. The summed E-state index contributed by atoms with van der Waals surface area (Å²) in [5.74, 6) is 2.80. The van der Waals surface area contributed by atoms with Crippen molar-refractivity contribution >= 4 is 6.03 Å². The van der Waals surface area contributed by atoms with Crippen molar-refractivity contribution < 1.29 is 23.7 Å². The Hall–Kier alpha value is -3.09. The Morgan fingerprint density at radius 3 is 2.44 bits per heavy atom. The Morgan fingerprint density at radius 2 is 1.70 bits per heavy atom. The molecule has 2 atom stereocenters. The van der Waals surface area contributed by atoms with Crippen molar-refractivity contribution in [2.45, 2.75) is 25.9 Å². The molecule has 0 radical (unpaired) electrons. The van der Waals surface area contributed by atoms with E-state index in [-0.39, 0.29) is 24.9 Å². The topological polar surface area (TPSA) is 78.1 Å². The second kappa shape index (κ2) is 8.07. The predicted molar refractivity (Wildman–Crippen MR) is 101 cm³/mol. The van der Waals surface area contributed by atoms with E-state index in [0.29, 0.717) is 23.0 Å². The highest BCUT2D eigenvalue weighted by Crippen LogP contribution is 2.34. The lowest BCUT2D eigenvalue weighted by Crippen LogP contribution is -2.38. The lowest BCUT2D eigenvalue weighted by molar-refractivity contribution is 0.174. The maximum atomic E-state index is 12.4. The van der Waals surface area contributed by atoms with Gasteiger partial charge in [0.25, 0.3) is 0 Å². The number of methoxy groups -OCH3 is 2. The number of benzene rings is 2. The molecule has 27 heavy (non-hydrogen) atoms. The maximum absolute atomic E-state index is 12.4. The summed E-state index contributed by atoms with van der Waals surface area (Å²) in [7, 11) is 3.20. The predicted octanol–water partition coefficient (Wildman–Crippen LogP) is 3.55. The van der Waals surface area contributed by atoms with E-state index in [4.69, 9.17) is 18.9 Å². The molecule has 2 N–H and O–H groups in total. The minimum Gasteiger partial charge on any atom is -0.497 e. The van der Waals surface area contributed by atoms with E-state index in [2.05, 4.69) is 10.6 Å². The molecular weight excluding hydrogens is 348 g/mol. The monoisotopic (exact) mass is 372 g/mol. The Morgan fingerprint density at radius 1 is 0.963 bits per heavy atom. The van der Waals surface area contributed by atoms with Crippen LogP contribution in [0, 0.1) is 0 Å². The summed E-state index contributed by atoms with van der Waals surface area (Å²) in [5, 5.41) is 5.87. The highest BCUT2D eigenvalue weighted by molar-refractivity contribution is 5.75. The fraction of sp³-hybridized carbons (Fsp3) is 0.350. The van der Waals surface area contributed by atoms with Gasteiger partial charge in [0, 0.05) is 5.56 Å². The highest BCUT2D eigenvalue weighted by atomic mass is 16.7. The van der Waals surface area contributed by atoms with Crippen LogP contribution in [0.15, 0.2) is 36.4 Å². The van der Waals surface area contributed by atoms with Crippen LogP contribution in [-0.2, 0) is 0 Å². The third-order valence-electron chi connectivity index (χ3n) is 4.50. The summed E-state index contributed by atoms with van der Waals surface area (Å²) in [6, 6.07) is 10.4. The zero-order valence-corrected chi connectivity index (χ0v) is 15.9. The van der Waals surface area contributed by atoms with Crippen LogP contribution < -0.4 is 29.6 Å². The molecular formula is C20H24N2O5. The lowest BCUT2D eigenvalue weighted by Gasteiger charge is -2.21. The van der Waals surface area contributed by atoms with Gasteiger partial charge in [-0.1, -0.05) is 6.07 Å². The molecule has 7 nitrogen and oxygen atoms in total. The van der Waals surface area contributed by atoms with Crippen LogP contribution in [0.25, 0.3) is 0 Å². The van der Waals surface area contributed by atoms with Crippen molar-refractivity contribution in [3.05, 3.63) is 47.5 Å². The van der Waals surface area contributed by atoms with E-state index in [0.717, 1.165) is 11.1 Å². The molecule has 2 amide bonds. The fourth-order valence-electron chi connectivity index (χ4n) is 2.96. The second-order valence-electron chi connectivity index (χ2n) is 6.28. The molecule has 0 aliphatic carbocycles. The number of carbonyl (C=O) groups is 1. The minimum absolute atomic E-state index is 0.195. The van der Waals surface area contributed by atoms with Gasteiger partial charge >= 0.3 is 6.03 Å². The maximum Gasteiger partial charge on any atom is 0.315 e. The van der Waals surface area contributed by atoms with Crippen LogP contribution in [0.4, 0.5) is 4.79 Å². The van der Waals surface area contributed by atoms with Crippen LogP contribution in [0.5, 0.6) is 23.0 Å². The zero-order valence-electron chi connectivity index (χ0n) is 15.9. The van der Waals surface area contributed by atoms with Gasteiger partial charge in [0.05, 0.1) is 26.3 Å². The summed E-state index contributed by atoms with van der Waals surface area (Å²) in [6.07, 6.45) is 0. The first-order valence-corrected chi connectivity index (χ1v) is 8.70. The number of urea groups is 1. The van der Waals surface area contributed by atoms with Gasteiger partial charge in [0.2, 0.25) is 6.79 Å². The largest absolute Gasteiger partial charge is 0.497 e. The smallest absolute Gasteiger partial charge is 0.315 e. The molecule has 2 aromatic rings. The van der Waals surface area contributed by atoms with E-state index < -0.39 is 0 Å². The van der Waals surface area contributed by atoms with Gasteiger partial charge < -0.3 is 29.6 Å². The molecule has 144 valence electrons. The summed E-state index contributed by atoms with van der Waals surface area (Å²) in [5.41, 5.74) is 1.77. The van der Waals surface area contributed by atoms with E-state index >= 15 is 0 Å². The minimum atomic E-state index is -0.280. The normalized spacial score (nSPS) is 14.2. The number of nitrogens with one attached hydrogen (secondary N) is 2. The fourth-order valence-corrected chi connectivity index (χ4v) is 2.96. The van der Waals surface area contributed by atoms with Gasteiger partial charge in [-0.15, -0.1) is 0 Å². The van der Waals surface area contributed by atoms with E-state index in [1.165, 1.54) is 0 Å². The van der Waals surface area contributed by atoms with E-state index in [1.54, 1.807) is 14.2 Å². The molecule has 0 aromatic heterocycles. The first-order chi connectivity index (χ1) is 13.0. The summed E-state index contributed by atoms with van der Waals surface area (Å²) < 4.78 is 21.4. The molecule has 1 heterocycles. The molecule has 7 heteroatoms. The first kappa shape index (κ1) is 18.7. The first-order valence-electron chi connectivity index (χ1n) is 8.70. The highest BCUT2D eigenvalue weighted by Gasteiger charge is 2.19. The standard InChI is InChI=1S/C20H24N2O5/c1-12(14-5-7-18-19(9-14)27-11-26-18)21-20(23)22-13(2)16-10-15(24-3)6-8-17(16)25-4/h5-10,12-13H,11H2,1-4H3,(H2,21,22,23). The second-order valence-corrected chi connectivity index (χ2v) is 6.28. The molecule has 0 fully saturated rings. The van der Waals surface area contributed by atoms with Crippen molar-refractivity contribution in [3.63, 3.8) is 0 Å². The van der Waals surface area contributed by atoms with Crippen molar-refractivity contribution in [2.75, 3.05) is 21.0 Å². The van der Waals surface area contributed by atoms with Gasteiger partial charge in [-0.2, -0.15) is 0 Å². The quantitative estimate of drug-likeness (QED) is 0.811. The Bertz CT molecular complexity index is 824. The number of rotatable bonds is 6. The average molecular weight is 372 g/mol. The van der Waals surface area contributed by atoms with Crippen molar-refractivity contribution in [1.29, 1.82) is 0 Å². The molecule has 2 aromatic carbocycles. The SMILES string of the molecule is COc1ccc(OC)c(C(C)NC(=O)NC(C)c2ccc3c(c2)OCO3)c1. The van der Waals surface area contributed by atoms with Crippen LogP contribution in [0.2, 0.25) is 0 Å². The average Bonchev–Trinajstić information content (AvgIpc) is 3.14. The van der Waals surface area contributed by atoms with E-state index in [9.17, 15) is 4.79 Å². The summed E-state index contributed by atoms with van der Waals surface area (Å²) in [6.45, 7) is 4.02. The van der Waals surface area contributed by atoms with Gasteiger partial charge in [-0.3, -0.25) is 0 Å². The van der Waals surface area contributed by atoms with Crippen molar-refractivity contribution in [2.24, 2.45) is 0 Å². The van der Waals surface area contributed by atoms with Crippen LogP contribution in [-0.4, -0.2) is 27.0 Å². The Kier molecular flexibility index (Phi) is 5.59. The third-order valence-corrected chi connectivity index (χ3v) is 4.50. The Labute approximate surface area is 158 Å². The van der Waals surface area contributed by atoms with Gasteiger partial charge in [-0.05, 0) is 49.7 Å². The van der Waals surface area contributed by atoms with Gasteiger partial charge in [-0.25, -0.2) is 4.79 Å². The van der Waals surface area contributed by atoms with Crippen molar-refractivity contribution in [3.8, 4) is 23.0 Å². The molecule has 2 unspecified atom stereocenters. The molecule has 3 rings (SSSR count). The van der Waals surface area contributed by atoms with E-state index in [1.807, 2.05) is 50.2 Å².